The van der Waals surface area contributed by atoms with Crippen molar-refractivity contribution in [3.8, 4) is 0 Å². The van der Waals surface area contributed by atoms with E-state index >= 15 is 0 Å². The molecule has 6 heteroatoms. The summed E-state index contributed by atoms with van der Waals surface area (Å²) < 4.78 is 9.69. The van der Waals surface area contributed by atoms with Gasteiger partial charge in [0.25, 0.3) is 0 Å². The molecular weight excluding hydrogens is 254 g/mol. The van der Waals surface area contributed by atoms with Crippen LogP contribution in [-0.4, -0.2) is 31.3 Å². The number of ether oxygens (including phenoxy) is 2. The topological polar surface area (TPSA) is 64.6 Å². The average molecular weight is 271 g/mol. The molecule has 1 aromatic rings. The first-order valence-corrected chi connectivity index (χ1v) is 6.67. The first kappa shape index (κ1) is 14.5. The van der Waals surface area contributed by atoms with Gasteiger partial charge in [-0.1, -0.05) is 6.07 Å². The molecule has 1 aromatic heterocycles. The van der Waals surface area contributed by atoms with Crippen molar-refractivity contribution in [2.45, 2.75) is 26.3 Å². The summed E-state index contributed by atoms with van der Waals surface area (Å²) in [4.78, 5) is 24.1. The van der Waals surface area contributed by atoms with E-state index in [1.165, 1.54) is 11.3 Å². The molecule has 0 aliphatic heterocycles. The highest BCUT2D eigenvalue weighted by Crippen LogP contribution is 2.12. The predicted octanol–water partition coefficient (Wildman–Crippen LogP) is 1.97. The Morgan fingerprint density at radius 2 is 2.06 bits per heavy atom. The zero-order chi connectivity index (χ0) is 13.4. The lowest BCUT2D eigenvalue weighted by molar-refractivity contribution is -0.145. The molecule has 0 aliphatic carbocycles. The Hall–Kier alpha value is -1.56. The van der Waals surface area contributed by atoms with Crippen molar-refractivity contribution in [2.75, 3.05) is 13.2 Å². The fourth-order valence-electron chi connectivity index (χ4n) is 1.38. The lowest BCUT2D eigenvalue weighted by Gasteiger charge is -2.16. The molecule has 18 heavy (non-hydrogen) atoms. The maximum absolute atomic E-state index is 11.7. The summed E-state index contributed by atoms with van der Waals surface area (Å²) >= 11 is 1.53. The van der Waals surface area contributed by atoms with Crippen LogP contribution < -0.4 is 5.32 Å². The predicted molar refractivity (Wildman–Crippen MR) is 68.6 cm³/mol. The smallest absolute Gasteiger partial charge is 0.407 e. The number of hydrogen-bond acceptors (Lipinski definition) is 5. The molecule has 0 saturated carbocycles. The molecule has 1 amide bonds. The van der Waals surface area contributed by atoms with Crippen LogP contribution in [0, 0.1) is 0 Å². The van der Waals surface area contributed by atoms with Gasteiger partial charge in [-0.05, 0) is 25.3 Å². The standard InChI is InChI=1S/C12H17NO4S/c1-3-16-11(14)10(13-12(15)17-4-2)8-9-6-5-7-18-9/h5-7,10H,3-4,8H2,1-2H3,(H,13,15). The van der Waals surface area contributed by atoms with Crippen LogP contribution in [0.1, 0.15) is 18.7 Å². The number of alkyl carbamates (subject to hydrolysis) is 1. The van der Waals surface area contributed by atoms with Gasteiger partial charge in [-0.25, -0.2) is 9.59 Å². The lowest BCUT2D eigenvalue weighted by Crippen LogP contribution is -2.43. The Bertz CT molecular complexity index is 377. The lowest BCUT2D eigenvalue weighted by atomic mass is 10.2. The van der Waals surface area contributed by atoms with Crippen LogP contribution >= 0.6 is 11.3 Å². The summed E-state index contributed by atoms with van der Waals surface area (Å²) in [5.41, 5.74) is 0. The number of esters is 1. The second-order valence-electron chi connectivity index (χ2n) is 3.45. The van der Waals surface area contributed by atoms with Crippen molar-refractivity contribution < 1.29 is 19.1 Å². The first-order valence-electron chi connectivity index (χ1n) is 5.79. The Morgan fingerprint density at radius 3 is 2.61 bits per heavy atom. The molecule has 0 spiro atoms. The maximum Gasteiger partial charge on any atom is 0.407 e. The molecule has 0 fully saturated rings. The van der Waals surface area contributed by atoms with Gasteiger partial charge < -0.3 is 14.8 Å². The minimum absolute atomic E-state index is 0.264. The van der Waals surface area contributed by atoms with Crippen molar-refractivity contribution >= 4 is 23.4 Å². The van der Waals surface area contributed by atoms with Gasteiger partial charge in [-0.2, -0.15) is 0 Å². The maximum atomic E-state index is 11.7. The van der Waals surface area contributed by atoms with Crippen molar-refractivity contribution in [3.63, 3.8) is 0 Å². The first-order chi connectivity index (χ1) is 8.67. The molecule has 0 radical (unpaired) electrons. The van der Waals surface area contributed by atoms with Gasteiger partial charge in [0.15, 0.2) is 0 Å². The van der Waals surface area contributed by atoms with E-state index in [0.717, 1.165) is 4.88 Å². The molecule has 1 heterocycles. The van der Waals surface area contributed by atoms with Crippen LogP contribution in [0.3, 0.4) is 0 Å². The highest BCUT2D eigenvalue weighted by Gasteiger charge is 2.23. The minimum Gasteiger partial charge on any atom is -0.464 e. The van der Waals surface area contributed by atoms with E-state index in [-0.39, 0.29) is 13.2 Å². The molecule has 0 aliphatic rings. The van der Waals surface area contributed by atoms with E-state index in [1.54, 1.807) is 13.8 Å². The summed E-state index contributed by atoms with van der Waals surface area (Å²) in [6.45, 7) is 3.98. The Kier molecular flexibility index (Phi) is 6.21. The van der Waals surface area contributed by atoms with Gasteiger partial charge in [-0.3, -0.25) is 0 Å². The molecule has 1 rings (SSSR count). The van der Waals surface area contributed by atoms with E-state index in [1.807, 2.05) is 17.5 Å². The van der Waals surface area contributed by atoms with E-state index in [4.69, 9.17) is 9.47 Å². The fraction of sp³-hybridized carbons (Fsp3) is 0.500. The second-order valence-corrected chi connectivity index (χ2v) is 4.49. The molecule has 0 saturated heterocycles. The van der Waals surface area contributed by atoms with Gasteiger partial charge in [0.1, 0.15) is 6.04 Å². The highest BCUT2D eigenvalue weighted by atomic mass is 32.1. The van der Waals surface area contributed by atoms with Crippen LogP contribution in [0.15, 0.2) is 17.5 Å². The van der Waals surface area contributed by atoms with Crippen molar-refractivity contribution in [1.29, 1.82) is 0 Å². The summed E-state index contributed by atoms with van der Waals surface area (Å²) in [6, 6.07) is 3.10. The van der Waals surface area contributed by atoms with Crippen LogP contribution in [0.4, 0.5) is 4.79 Å². The molecule has 100 valence electrons. The summed E-state index contributed by atoms with van der Waals surface area (Å²) in [5.74, 6) is -0.445. The third-order valence-electron chi connectivity index (χ3n) is 2.12. The SMILES string of the molecule is CCOC(=O)NC(Cc1cccs1)C(=O)OCC. The second kappa shape index (κ2) is 7.71. The van der Waals surface area contributed by atoms with Crippen LogP contribution in [0.5, 0.6) is 0 Å². The van der Waals surface area contributed by atoms with Gasteiger partial charge >= 0.3 is 12.1 Å². The molecule has 1 unspecified atom stereocenters. The number of rotatable bonds is 6. The zero-order valence-corrected chi connectivity index (χ0v) is 11.3. The monoisotopic (exact) mass is 271 g/mol. The van der Waals surface area contributed by atoms with Gasteiger partial charge in [0.2, 0.25) is 0 Å². The van der Waals surface area contributed by atoms with Crippen LogP contribution in [-0.2, 0) is 20.7 Å². The number of carbonyl (C=O) groups is 2. The third kappa shape index (κ3) is 4.75. The van der Waals surface area contributed by atoms with Gasteiger partial charge in [-0.15, -0.1) is 11.3 Å². The van der Waals surface area contributed by atoms with E-state index < -0.39 is 18.1 Å². The number of thiophene rings is 1. The molecule has 0 bridgehead atoms. The number of amides is 1. The fourth-order valence-corrected chi connectivity index (χ4v) is 2.13. The number of carbonyl (C=O) groups excluding carboxylic acids is 2. The highest BCUT2D eigenvalue weighted by molar-refractivity contribution is 7.09. The Labute approximate surface area is 110 Å². The quantitative estimate of drug-likeness (QED) is 0.803. The zero-order valence-electron chi connectivity index (χ0n) is 10.5. The Morgan fingerprint density at radius 1 is 1.33 bits per heavy atom. The largest absolute Gasteiger partial charge is 0.464 e. The van der Waals surface area contributed by atoms with Gasteiger partial charge in [0.05, 0.1) is 13.2 Å². The van der Waals surface area contributed by atoms with E-state index in [9.17, 15) is 9.59 Å². The van der Waals surface area contributed by atoms with Crippen LogP contribution in [0.25, 0.3) is 0 Å². The van der Waals surface area contributed by atoms with Gasteiger partial charge in [0, 0.05) is 11.3 Å². The average Bonchev–Trinajstić information content (AvgIpc) is 2.81. The van der Waals surface area contributed by atoms with Crippen molar-refractivity contribution in [1.82, 2.24) is 5.32 Å². The van der Waals surface area contributed by atoms with Crippen molar-refractivity contribution in [3.05, 3.63) is 22.4 Å². The molecular formula is C12H17NO4S. The molecule has 5 nitrogen and oxygen atoms in total. The van der Waals surface area contributed by atoms with Crippen molar-refractivity contribution in [2.24, 2.45) is 0 Å². The molecule has 1 N–H and O–H groups in total. The number of nitrogens with one attached hydrogen (secondary N) is 1. The summed E-state index contributed by atoms with van der Waals surface area (Å²) in [7, 11) is 0. The third-order valence-corrected chi connectivity index (χ3v) is 3.02. The Balaban J connectivity index is 2.62. The van der Waals surface area contributed by atoms with E-state index in [2.05, 4.69) is 5.32 Å². The van der Waals surface area contributed by atoms with Crippen LogP contribution in [0.2, 0.25) is 0 Å². The molecule has 0 aromatic carbocycles. The summed E-state index contributed by atoms with van der Waals surface area (Å²) in [6.07, 6.45) is -0.193. The summed E-state index contributed by atoms with van der Waals surface area (Å²) in [5, 5.41) is 4.43. The minimum atomic E-state index is -0.706. The molecule has 1 atom stereocenters. The van der Waals surface area contributed by atoms with E-state index in [0.29, 0.717) is 6.42 Å². The number of hydrogen-bond donors (Lipinski definition) is 1. The normalized spacial score (nSPS) is 11.7.